The van der Waals surface area contributed by atoms with Gasteiger partial charge in [0.05, 0.1) is 6.10 Å². The van der Waals surface area contributed by atoms with E-state index in [1.54, 1.807) is 0 Å². The monoisotopic (exact) mass is 296 g/mol. The van der Waals surface area contributed by atoms with Gasteiger partial charge in [-0.15, -0.1) is 0 Å². The van der Waals surface area contributed by atoms with Crippen LogP contribution in [0, 0.1) is 0 Å². The van der Waals surface area contributed by atoms with Gasteiger partial charge in [-0.2, -0.15) is 0 Å². The first-order valence-electron chi connectivity index (χ1n) is 6.67. The predicted molar refractivity (Wildman–Crippen MR) is 75.6 cm³/mol. The molecule has 0 saturated carbocycles. The van der Waals surface area contributed by atoms with E-state index in [-0.39, 0.29) is 0 Å². The SMILES string of the molecule is BrC(CCCCC1CCCO1)c1ccccc1. The lowest BCUT2D eigenvalue weighted by Gasteiger charge is -2.11. The van der Waals surface area contributed by atoms with Gasteiger partial charge < -0.3 is 4.74 Å². The number of alkyl halides is 1. The van der Waals surface area contributed by atoms with Crippen LogP contribution in [0.4, 0.5) is 0 Å². The molecule has 0 spiro atoms. The summed E-state index contributed by atoms with van der Waals surface area (Å²) in [5.74, 6) is 0. The molecule has 1 aliphatic rings. The molecule has 2 heteroatoms. The van der Waals surface area contributed by atoms with Crippen molar-refractivity contribution in [2.24, 2.45) is 0 Å². The first kappa shape index (κ1) is 13.1. The quantitative estimate of drug-likeness (QED) is 0.538. The molecule has 1 nitrogen and oxygen atoms in total. The molecule has 2 atom stereocenters. The fraction of sp³-hybridized carbons (Fsp3) is 0.600. The second kappa shape index (κ2) is 7.17. The number of hydrogen-bond donors (Lipinski definition) is 0. The van der Waals surface area contributed by atoms with Crippen molar-refractivity contribution >= 4 is 15.9 Å². The van der Waals surface area contributed by atoms with Gasteiger partial charge in [0, 0.05) is 11.4 Å². The lowest BCUT2D eigenvalue weighted by Crippen LogP contribution is -2.04. The van der Waals surface area contributed by atoms with Crippen LogP contribution in [0.15, 0.2) is 30.3 Å². The zero-order valence-corrected chi connectivity index (χ0v) is 11.9. The molecular formula is C15H21BrO. The molecule has 17 heavy (non-hydrogen) atoms. The second-order valence-corrected chi connectivity index (χ2v) is 5.90. The molecule has 1 heterocycles. The van der Waals surface area contributed by atoms with E-state index < -0.39 is 0 Å². The molecule has 0 N–H and O–H groups in total. The molecular weight excluding hydrogens is 276 g/mol. The van der Waals surface area contributed by atoms with E-state index in [0.717, 1.165) is 6.61 Å². The summed E-state index contributed by atoms with van der Waals surface area (Å²) in [7, 11) is 0. The molecule has 1 aromatic carbocycles. The molecule has 1 aromatic rings. The van der Waals surface area contributed by atoms with Gasteiger partial charge in [0.1, 0.15) is 0 Å². The van der Waals surface area contributed by atoms with E-state index in [2.05, 4.69) is 46.3 Å². The van der Waals surface area contributed by atoms with Gasteiger partial charge >= 0.3 is 0 Å². The zero-order chi connectivity index (χ0) is 11.9. The van der Waals surface area contributed by atoms with Gasteiger partial charge in [-0.05, 0) is 31.2 Å². The fourth-order valence-electron chi connectivity index (χ4n) is 2.40. The van der Waals surface area contributed by atoms with Crippen LogP contribution in [0.1, 0.15) is 48.9 Å². The molecule has 0 radical (unpaired) electrons. The summed E-state index contributed by atoms with van der Waals surface area (Å²) < 4.78 is 5.63. The molecule has 94 valence electrons. The molecule has 1 fully saturated rings. The molecule has 0 aliphatic carbocycles. The summed E-state index contributed by atoms with van der Waals surface area (Å²) in [5.41, 5.74) is 1.39. The number of hydrogen-bond acceptors (Lipinski definition) is 1. The largest absolute Gasteiger partial charge is 0.378 e. The summed E-state index contributed by atoms with van der Waals surface area (Å²) >= 11 is 3.77. The molecule has 0 bridgehead atoms. The Morgan fingerprint density at radius 1 is 1.24 bits per heavy atom. The second-order valence-electron chi connectivity index (χ2n) is 4.80. The minimum absolute atomic E-state index is 0.508. The number of rotatable bonds is 6. The summed E-state index contributed by atoms with van der Waals surface area (Å²) in [6.07, 6.45) is 8.13. The highest BCUT2D eigenvalue weighted by Crippen LogP contribution is 2.29. The Kier molecular flexibility index (Phi) is 5.53. The predicted octanol–water partition coefficient (Wildman–Crippen LogP) is 4.86. The lowest BCUT2D eigenvalue weighted by molar-refractivity contribution is 0.102. The van der Waals surface area contributed by atoms with Crippen molar-refractivity contribution in [3.05, 3.63) is 35.9 Å². The molecule has 1 aliphatic heterocycles. The summed E-state index contributed by atoms with van der Waals surface area (Å²) in [5, 5.41) is 0. The molecule has 2 unspecified atom stereocenters. The minimum atomic E-state index is 0.508. The van der Waals surface area contributed by atoms with E-state index in [1.807, 2.05) is 0 Å². The van der Waals surface area contributed by atoms with Crippen LogP contribution < -0.4 is 0 Å². The molecule has 2 rings (SSSR count). The van der Waals surface area contributed by atoms with E-state index >= 15 is 0 Å². The average Bonchev–Trinajstić information content (AvgIpc) is 2.88. The highest BCUT2D eigenvalue weighted by molar-refractivity contribution is 9.09. The molecule has 0 amide bonds. The molecule has 0 aromatic heterocycles. The van der Waals surface area contributed by atoms with Crippen molar-refractivity contribution < 1.29 is 4.74 Å². The van der Waals surface area contributed by atoms with Crippen molar-refractivity contribution in [1.29, 1.82) is 0 Å². The van der Waals surface area contributed by atoms with Gasteiger partial charge in [-0.1, -0.05) is 59.1 Å². The van der Waals surface area contributed by atoms with Crippen LogP contribution in [-0.2, 0) is 4.74 Å². The molecule has 1 saturated heterocycles. The smallest absolute Gasteiger partial charge is 0.0576 e. The van der Waals surface area contributed by atoms with E-state index in [0.29, 0.717) is 10.9 Å². The maximum Gasteiger partial charge on any atom is 0.0576 e. The Morgan fingerprint density at radius 2 is 2.06 bits per heavy atom. The first-order chi connectivity index (χ1) is 8.36. The van der Waals surface area contributed by atoms with Crippen LogP contribution in [0.3, 0.4) is 0 Å². The maximum absolute atomic E-state index is 5.63. The summed E-state index contributed by atoms with van der Waals surface area (Å²) in [4.78, 5) is 0.508. The van der Waals surface area contributed by atoms with Crippen molar-refractivity contribution in [3.63, 3.8) is 0 Å². The van der Waals surface area contributed by atoms with E-state index in [1.165, 1.54) is 44.1 Å². The van der Waals surface area contributed by atoms with Crippen LogP contribution in [0.25, 0.3) is 0 Å². The van der Waals surface area contributed by atoms with Gasteiger partial charge in [-0.3, -0.25) is 0 Å². The Balaban J connectivity index is 1.61. The van der Waals surface area contributed by atoms with Crippen LogP contribution in [0.5, 0.6) is 0 Å². The van der Waals surface area contributed by atoms with Crippen LogP contribution >= 0.6 is 15.9 Å². The third-order valence-electron chi connectivity index (χ3n) is 3.42. The highest BCUT2D eigenvalue weighted by atomic mass is 79.9. The summed E-state index contributed by atoms with van der Waals surface area (Å²) in [6.45, 7) is 0.982. The van der Waals surface area contributed by atoms with Crippen molar-refractivity contribution in [2.45, 2.75) is 49.5 Å². The maximum atomic E-state index is 5.63. The van der Waals surface area contributed by atoms with Crippen molar-refractivity contribution in [3.8, 4) is 0 Å². The van der Waals surface area contributed by atoms with Gasteiger partial charge in [0.25, 0.3) is 0 Å². The normalized spacial score (nSPS) is 21.6. The van der Waals surface area contributed by atoms with Gasteiger partial charge in [0.2, 0.25) is 0 Å². The number of ether oxygens (including phenoxy) is 1. The number of benzene rings is 1. The Hall–Kier alpha value is -0.340. The Labute approximate surface area is 113 Å². The highest BCUT2D eigenvalue weighted by Gasteiger charge is 2.15. The Morgan fingerprint density at radius 3 is 2.76 bits per heavy atom. The lowest BCUT2D eigenvalue weighted by atomic mass is 10.0. The fourth-order valence-corrected chi connectivity index (χ4v) is 3.03. The summed E-state index contributed by atoms with van der Waals surface area (Å²) in [6, 6.07) is 10.7. The third-order valence-corrected chi connectivity index (χ3v) is 4.41. The van der Waals surface area contributed by atoms with Gasteiger partial charge in [-0.25, -0.2) is 0 Å². The van der Waals surface area contributed by atoms with Gasteiger partial charge in [0.15, 0.2) is 0 Å². The van der Waals surface area contributed by atoms with Crippen molar-refractivity contribution in [2.75, 3.05) is 6.61 Å². The number of halogens is 1. The van der Waals surface area contributed by atoms with Crippen LogP contribution in [-0.4, -0.2) is 12.7 Å². The number of unbranched alkanes of at least 4 members (excludes halogenated alkanes) is 1. The van der Waals surface area contributed by atoms with E-state index in [4.69, 9.17) is 4.74 Å². The standard InChI is InChI=1S/C15H21BrO/c16-15(13-7-2-1-3-8-13)11-5-4-9-14-10-6-12-17-14/h1-3,7-8,14-15H,4-6,9-12H2. The zero-order valence-electron chi connectivity index (χ0n) is 10.3. The van der Waals surface area contributed by atoms with E-state index in [9.17, 15) is 0 Å². The minimum Gasteiger partial charge on any atom is -0.378 e. The first-order valence-corrected chi connectivity index (χ1v) is 7.58. The average molecular weight is 297 g/mol. The topological polar surface area (TPSA) is 9.23 Å². The van der Waals surface area contributed by atoms with Crippen molar-refractivity contribution in [1.82, 2.24) is 0 Å². The Bertz CT molecular complexity index is 306. The third kappa shape index (κ3) is 4.44. The van der Waals surface area contributed by atoms with Crippen LogP contribution in [0.2, 0.25) is 0 Å².